The summed E-state index contributed by atoms with van der Waals surface area (Å²) in [5.74, 6) is 1.30. The molecule has 2 rings (SSSR count). The van der Waals surface area contributed by atoms with Crippen LogP contribution in [0.4, 0.5) is 10.5 Å². The van der Waals surface area contributed by atoms with Gasteiger partial charge >= 0.3 is 6.09 Å². The lowest BCUT2D eigenvalue weighted by atomic mass is 10.3. The predicted molar refractivity (Wildman–Crippen MR) is 83.5 cm³/mol. The van der Waals surface area contributed by atoms with Crippen LogP contribution in [-0.2, 0) is 0 Å². The molecule has 0 atom stereocenters. The Morgan fingerprint density at radius 1 is 1.15 bits per heavy atom. The highest BCUT2D eigenvalue weighted by molar-refractivity contribution is 7.99. The second-order valence-electron chi connectivity index (χ2n) is 3.92. The van der Waals surface area contributed by atoms with Crippen molar-refractivity contribution in [2.24, 2.45) is 0 Å². The van der Waals surface area contributed by atoms with Gasteiger partial charge in [0.1, 0.15) is 5.75 Å². The number of rotatable bonds is 5. The molecule has 0 heterocycles. The highest BCUT2D eigenvalue weighted by Gasteiger charge is 2.08. The lowest BCUT2D eigenvalue weighted by Crippen LogP contribution is -2.17. The van der Waals surface area contributed by atoms with E-state index in [9.17, 15) is 4.79 Å². The maximum atomic E-state index is 11.8. The first-order valence-electron chi connectivity index (χ1n) is 6.16. The van der Waals surface area contributed by atoms with Crippen LogP contribution in [-0.4, -0.2) is 11.8 Å². The number of para-hydroxylation sites is 2. The summed E-state index contributed by atoms with van der Waals surface area (Å²) in [5.41, 5.74) is 0.736. The zero-order valence-electron chi connectivity index (χ0n) is 10.9. The van der Waals surface area contributed by atoms with Crippen LogP contribution in [0.5, 0.6) is 5.75 Å². The van der Waals surface area contributed by atoms with Crippen molar-refractivity contribution in [3.05, 3.63) is 67.3 Å². The Morgan fingerprint density at radius 3 is 2.60 bits per heavy atom. The quantitative estimate of drug-likeness (QED) is 0.645. The van der Waals surface area contributed by atoms with E-state index in [0.29, 0.717) is 5.75 Å². The first-order valence-corrected chi connectivity index (χ1v) is 7.15. The molecule has 0 saturated carbocycles. The van der Waals surface area contributed by atoms with E-state index in [0.717, 1.165) is 16.3 Å². The molecule has 2 aromatic rings. The van der Waals surface area contributed by atoms with E-state index in [1.807, 2.05) is 48.5 Å². The number of anilines is 1. The first-order chi connectivity index (χ1) is 9.79. The maximum Gasteiger partial charge on any atom is 0.417 e. The summed E-state index contributed by atoms with van der Waals surface area (Å²) in [6.45, 7) is 3.69. The lowest BCUT2D eigenvalue weighted by Gasteiger charge is -2.10. The minimum Gasteiger partial charge on any atom is -0.410 e. The molecule has 0 spiro atoms. The van der Waals surface area contributed by atoms with E-state index >= 15 is 0 Å². The molecule has 0 aliphatic carbocycles. The number of nitrogens with one attached hydrogen (secondary N) is 1. The van der Waals surface area contributed by atoms with Crippen molar-refractivity contribution in [3.8, 4) is 5.75 Å². The molecular formula is C16H15NO2S. The Bertz CT molecular complexity index is 584. The number of hydrogen-bond acceptors (Lipinski definition) is 3. The topological polar surface area (TPSA) is 38.3 Å². The summed E-state index contributed by atoms with van der Waals surface area (Å²) in [4.78, 5) is 12.8. The molecule has 4 heteroatoms. The van der Waals surface area contributed by atoms with Gasteiger partial charge in [-0.15, -0.1) is 18.3 Å². The smallest absolute Gasteiger partial charge is 0.410 e. The highest BCUT2D eigenvalue weighted by Crippen LogP contribution is 2.27. The van der Waals surface area contributed by atoms with Gasteiger partial charge in [0.25, 0.3) is 0 Å². The van der Waals surface area contributed by atoms with Gasteiger partial charge in [0.2, 0.25) is 0 Å². The van der Waals surface area contributed by atoms with Gasteiger partial charge in [0, 0.05) is 10.6 Å². The monoisotopic (exact) mass is 285 g/mol. The average Bonchev–Trinajstić information content (AvgIpc) is 2.47. The highest BCUT2D eigenvalue weighted by atomic mass is 32.2. The largest absolute Gasteiger partial charge is 0.417 e. The molecule has 20 heavy (non-hydrogen) atoms. The summed E-state index contributed by atoms with van der Waals surface area (Å²) in [5, 5.41) is 2.75. The molecule has 0 aromatic heterocycles. The summed E-state index contributed by atoms with van der Waals surface area (Å²) < 4.78 is 5.20. The van der Waals surface area contributed by atoms with Crippen LogP contribution >= 0.6 is 11.8 Å². The third kappa shape index (κ3) is 4.17. The van der Waals surface area contributed by atoms with Gasteiger partial charge < -0.3 is 4.74 Å². The number of hydrogen-bond donors (Lipinski definition) is 1. The molecule has 0 aliphatic heterocycles. The third-order valence-electron chi connectivity index (χ3n) is 2.43. The number of amides is 1. The normalized spacial score (nSPS) is 9.80. The van der Waals surface area contributed by atoms with Crippen molar-refractivity contribution in [1.29, 1.82) is 0 Å². The van der Waals surface area contributed by atoms with Gasteiger partial charge in [0.15, 0.2) is 0 Å². The summed E-state index contributed by atoms with van der Waals surface area (Å²) in [6.07, 6.45) is 1.33. The molecule has 0 radical (unpaired) electrons. The Hall–Kier alpha value is -2.20. The number of carbonyl (C=O) groups excluding carboxylic acids is 1. The Kier molecular flexibility index (Phi) is 5.26. The van der Waals surface area contributed by atoms with Crippen molar-refractivity contribution in [1.82, 2.24) is 0 Å². The van der Waals surface area contributed by atoms with Gasteiger partial charge in [-0.05, 0) is 24.3 Å². The van der Waals surface area contributed by atoms with E-state index in [-0.39, 0.29) is 0 Å². The number of ether oxygens (including phenoxy) is 1. The zero-order valence-corrected chi connectivity index (χ0v) is 11.7. The standard InChI is InChI=1S/C16H15NO2S/c1-2-12-20-15-11-7-6-10-14(15)17-16(18)19-13-8-4-3-5-9-13/h2-11H,1,12H2,(H,17,18). The molecule has 102 valence electrons. The molecule has 0 bridgehead atoms. The molecule has 3 nitrogen and oxygen atoms in total. The summed E-state index contributed by atoms with van der Waals surface area (Å²) in [7, 11) is 0. The van der Waals surface area contributed by atoms with Crippen molar-refractivity contribution in [2.45, 2.75) is 4.90 Å². The second-order valence-corrected chi connectivity index (χ2v) is 4.99. The molecule has 1 amide bonds. The van der Waals surface area contributed by atoms with Crippen LogP contribution in [0.15, 0.2) is 72.1 Å². The molecule has 0 fully saturated rings. The van der Waals surface area contributed by atoms with E-state index < -0.39 is 6.09 Å². The Balaban J connectivity index is 2.02. The van der Waals surface area contributed by atoms with E-state index in [1.54, 1.807) is 23.9 Å². The Morgan fingerprint density at radius 2 is 1.85 bits per heavy atom. The molecule has 0 aliphatic rings. The average molecular weight is 285 g/mol. The number of benzene rings is 2. The fourth-order valence-corrected chi connectivity index (χ4v) is 2.32. The van der Waals surface area contributed by atoms with E-state index in [1.165, 1.54) is 0 Å². The zero-order chi connectivity index (χ0) is 14.2. The van der Waals surface area contributed by atoms with Crippen LogP contribution in [0.2, 0.25) is 0 Å². The third-order valence-corrected chi connectivity index (χ3v) is 3.50. The van der Waals surface area contributed by atoms with E-state index in [4.69, 9.17) is 4.74 Å². The number of carbonyl (C=O) groups is 1. The van der Waals surface area contributed by atoms with Crippen LogP contribution in [0.3, 0.4) is 0 Å². The minimum atomic E-state index is -0.497. The van der Waals surface area contributed by atoms with Crippen LogP contribution in [0, 0.1) is 0 Å². The van der Waals surface area contributed by atoms with Crippen molar-refractivity contribution < 1.29 is 9.53 Å². The van der Waals surface area contributed by atoms with Crippen molar-refractivity contribution >= 4 is 23.5 Å². The summed E-state index contributed by atoms with van der Waals surface area (Å²) in [6, 6.07) is 16.6. The van der Waals surface area contributed by atoms with Gasteiger partial charge in [-0.25, -0.2) is 4.79 Å². The SMILES string of the molecule is C=CCSc1ccccc1NC(=O)Oc1ccccc1. The molecule has 2 aromatic carbocycles. The van der Waals surface area contributed by atoms with Gasteiger partial charge in [0.05, 0.1) is 5.69 Å². The van der Waals surface area contributed by atoms with Gasteiger partial charge in [-0.1, -0.05) is 36.4 Å². The predicted octanol–water partition coefficient (Wildman–Crippen LogP) is 4.58. The van der Waals surface area contributed by atoms with E-state index in [2.05, 4.69) is 11.9 Å². The molecular weight excluding hydrogens is 270 g/mol. The number of thioether (sulfide) groups is 1. The van der Waals surface area contributed by atoms with Crippen molar-refractivity contribution in [2.75, 3.05) is 11.1 Å². The van der Waals surface area contributed by atoms with Gasteiger partial charge in [-0.3, -0.25) is 5.32 Å². The van der Waals surface area contributed by atoms with Crippen LogP contribution in [0.1, 0.15) is 0 Å². The van der Waals surface area contributed by atoms with Crippen LogP contribution in [0.25, 0.3) is 0 Å². The summed E-state index contributed by atoms with van der Waals surface area (Å²) >= 11 is 1.61. The fourth-order valence-electron chi connectivity index (χ4n) is 1.58. The molecule has 1 N–H and O–H groups in total. The second kappa shape index (κ2) is 7.40. The Labute approximate surface area is 122 Å². The van der Waals surface area contributed by atoms with Crippen LogP contribution < -0.4 is 10.1 Å². The molecule has 0 unspecified atom stereocenters. The first kappa shape index (κ1) is 14.2. The van der Waals surface area contributed by atoms with Gasteiger partial charge in [-0.2, -0.15) is 0 Å². The lowest BCUT2D eigenvalue weighted by molar-refractivity contribution is 0.215. The minimum absolute atomic E-state index is 0.497. The van der Waals surface area contributed by atoms with Crippen molar-refractivity contribution in [3.63, 3.8) is 0 Å². The maximum absolute atomic E-state index is 11.8. The molecule has 0 saturated heterocycles. The fraction of sp³-hybridized carbons (Fsp3) is 0.0625.